The Labute approximate surface area is 169 Å². The Morgan fingerprint density at radius 1 is 1.41 bits per heavy atom. The first kappa shape index (κ1) is 19.9. The Kier molecular flexibility index (Phi) is 5.89. The standard InChI is InChI=1S/C20H24N4OS.ClH/c1-12(2)18-15-10-17(26-20(15)24(3)23-18)19(25)22-11-16-14-7-5-4-6-13(14)8-9-21-16;/h4-7,10,12,16,21H,8-9,11H2,1-3H3,(H,22,25);1H. The number of aryl methyl sites for hydroxylation is 1. The van der Waals surface area contributed by atoms with Crippen LogP contribution in [-0.2, 0) is 13.5 Å². The molecule has 0 bridgehead atoms. The van der Waals surface area contributed by atoms with Gasteiger partial charge >= 0.3 is 0 Å². The van der Waals surface area contributed by atoms with Crippen molar-refractivity contribution < 1.29 is 4.79 Å². The van der Waals surface area contributed by atoms with Crippen LogP contribution in [0.1, 0.15) is 52.3 Å². The number of rotatable bonds is 4. The number of fused-ring (bicyclic) bond motifs is 2. The molecule has 0 radical (unpaired) electrons. The second-order valence-corrected chi connectivity index (χ2v) is 8.19. The van der Waals surface area contributed by atoms with Gasteiger partial charge in [0, 0.05) is 25.0 Å². The molecule has 1 atom stereocenters. The van der Waals surface area contributed by atoms with Crippen LogP contribution in [0, 0.1) is 0 Å². The van der Waals surface area contributed by atoms with Crippen molar-refractivity contribution in [3.8, 4) is 0 Å². The molecule has 2 N–H and O–H groups in total. The highest BCUT2D eigenvalue weighted by Crippen LogP contribution is 2.31. The first-order chi connectivity index (χ1) is 12.5. The molecule has 1 aromatic carbocycles. The molecule has 0 saturated carbocycles. The summed E-state index contributed by atoms with van der Waals surface area (Å²) in [6.07, 6.45) is 1.04. The molecular formula is C20H25ClN4OS. The summed E-state index contributed by atoms with van der Waals surface area (Å²) in [4.78, 5) is 14.5. The largest absolute Gasteiger partial charge is 0.349 e. The van der Waals surface area contributed by atoms with E-state index in [1.807, 2.05) is 17.8 Å². The van der Waals surface area contributed by atoms with Crippen LogP contribution < -0.4 is 10.6 Å². The molecule has 4 rings (SSSR count). The van der Waals surface area contributed by atoms with Crippen molar-refractivity contribution in [1.82, 2.24) is 20.4 Å². The average Bonchev–Trinajstić information content (AvgIpc) is 3.20. The van der Waals surface area contributed by atoms with E-state index in [-0.39, 0.29) is 24.4 Å². The Morgan fingerprint density at radius 2 is 2.19 bits per heavy atom. The lowest BCUT2D eigenvalue weighted by Crippen LogP contribution is -2.38. The molecule has 0 spiro atoms. The summed E-state index contributed by atoms with van der Waals surface area (Å²) >= 11 is 1.51. The van der Waals surface area contributed by atoms with Crippen LogP contribution in [0.2, 0.25) is 0 Å². The Balaban J connectivity index is 0.00000210. The summed E-state index contributed by atoms with van der Waals surface area (Å²) < 4.78 is 1.88. The maximum Gasteiger partial charge on any atom is 0.261 e. The van der Waals surface area contributed by atoms with Crippen molar-refractivity contribution in [2.75, 3.05) is 13.1 Å². The number of amides is 1. The van der Waals surface area contributed by atoms with E-state index in [0.717, 1.165) is 33.8 Å². The molecular weight excluding hydrogens is 380 g/mol. The maximum atomic E-state index is 12.7. The number of benzene rings is 1. The first-order valence-corrected chi connectivity index (χ1v) is 9.92. The number of thiophene rings is 1. The summed E-state index contributed by atoms with van der Waals surface area (Å²) in [5.41, 5.74) is 3.72. The zero-order valence-electron chi connectivity index (χ0n) is 15.8. The molecule has 0 aliphatic carbocycles. The number of nitrogens with one attached hydrogen (secondary N) is 2. The fourth-order valence-corrected chi connectivity index (χ4v) is 4.66. The Bertz CT molecular complexity index is 962. The van der Waals surface area contributed by atoms with Gasteiger partial charge < -0.3 is 10.6 Å². The van der Waals surface area contributed by atoms with E-state index in [2.05, 4.69) is 53.8 Å². The minimum absolute atomic E-state index is 0. The lowest BCUT2D eigenvalue weighted by Gasteiger charge is -2.27. The van der Waals surface area contributed by atoms with Crippen molar-refractivity contribution >= 4 is 39.9 Å². The van der Waals surface area contributed by atoms with Crippen LogP contribution >= 0.6 is 23.7 Å². The molecule has 3 aromatic rings. The number of halogens is 1. The molecule has 5 nitrogen and oxygen atoms in total. The van der Waals surface area contributed by atoms with Gasteiger partial charge in [-0.15, -0.1) is 23.7 Å². The minimum atomic E-state index is -0.00855. The molecule has 0 fully saturated rings. The predicted octanol–water partition coefficient (Wildman–Crippen LogP) is 3.80. The van der Waals surface area contributed by atoms with Crippen LogP contribution in [-0.4, -0.2) is 28.8 Å². The van der Waals surface area contributed by atoms with Crippen LogP contribution in [0.3, 0.4) is 0 Å². The third-order valence-electron chi connectivity index (χ3n) is 4.99. The fourth-order valence-electron chi connectivity index (χ4n) is 3.66. The van der Waals surface area contributed by atoms with Gasteiger partial charge in [-0.2, -0.15) is 5.10 Å². The molecule has 27 heavy (non-hydrogen) atoms. The zero-order chi connectivity index (χ0) is 18.3. The van der Waals surface area contributed by atoms with E-state index in [9.17, 15) is 4.79 Å². The fraction of sp³-hybridized carbons (Fsp3) is 0.400. The van der Waals surface area contributed by atoms with Crippen molar-refractivity contribution in [3.05, 3.63) is 52.0 Å². The first-order valence-electron chi connectivity index (χ1n) is 9.10. The van der Waals surface area contributed by atoms with Gasteiger partial charge in [0.25, 0.3) is 5.91 Å². The number of nitrogens with zero attached hydrogens (tertiary/aromatic N) is 2. The molecule has 7 heteroatoms. The van der Waals surface area contributed by atoms with E-state index >= 15 is 0 Å². The molecule has 1 aliphatic rings. The molecule has 3 heterocycles. The van der Waals surface area contributed by atoms with Crippen LogP contribution in [0.5, 0.6) is 0 Å². The van der Waals surface area contributed by atoms with Gasteiger partial charge in [-0.3, -0.25) is 9.48 Å². The number of carbonyl (C=O) groups is 1. The number of hydrogen-bond donors (Lipinski definition) is 2. The van der Waals surface area contributed by atoms with E-state index in [1.165, 1.54) is 22.5 Å². The van der Waals surface area contributed by atoms with Gasteiger partial charge in [0.05, 0.1) is 10.6 Å². The molecule has 144 valence electrons. The van der Waals surface area contributed by atoms with E-state index in [1.54, 1.807) is 0 Å². The highest BCUT2D eigenvalue weighted by molar-refractivity contribution is 7.20. The Hall–Kier alpha value is -1.89. The number of aromatic nitrogens is 2. The van der Waals surface area contributed by atoms with Crippen molar-refractivity contribution in [2.45, 2.75) is 32.2 Å². The van der Waals surface area contributed by atoms with Gasteiger partial charge in [-0.25, -0.2) is 0 Å². The highest BCUT2D eigenvalue weighted by atomic mass is 35.5. The molecule has 0 saturated heterocycles. The van der Waals surface area contributed by atoms with Gasteiger partial charge in [0.15, 0.2) is 0 Å². The van der Waals surface area contributed by atoms with Crippen molar-refractivity contribution in [2.24, 2.45) is 7.05 Å². The predicted molar refractivity (Wildman–Crippen MR) is 113 cm³/mol. The second kappa shape index (κ2) is 8.00. The smallest absolute Gasteiger partial charge is 0.261 e. The molecule has 2 aromatic heterocycles. The van der Waals surface area contributed by atoms with Gasteiger partial charge in [-0.1, -0.05) is 38.1 Å². The average molecular weight is 405 g/mol. The third-order valence-corrected chi connectivity index (χ3v) is 6.19. The number of carbonyl (C=O) groups excluding carboxylic acids is 1. The maximum absolute atomic E-state index is 12.7. The lowest BCUT2D eigenvalue weighted by atomic mass is 9.94. The van der Waals surface area contributed by atoms with Crippen LogP contribution in [0.4, 0.5) is 0 Å². The summed E-state index contributed by atoms with van der Waals surface area (Å²) in [6, 6.07) is 10.6. The SMILES string of the molecule is CC(C)c1nn(C)c2sc(C(=O)NCC3NCCc4ccccc43)cc12.Cl. The second-order valence-electron chi connectivity index (χ2n) is 7.16. The molecule has 1 unspecified atom stereocenters. The van der Waals surface area contributed by atoms with E-state index < -0.39 is 0 Å². The highest BCUT2D eigenvalue weighted by Gasteiger charge is 2.22. The van der Waals surface area contributed by atoms with Gasteiger partial charge in [0.1, 0.15) is 4.83 Å². The summed E-state index contributed by atoms with van der Waals surface area (Å²) in [6.45, 7) is 5.81. The molecule has 1 amide bonds. The quantitative estimate of drug-likeness (QED) is 0.695. The monoisotopic (exact) mass is 404 g/mol. The Morgan fingerprint density at radius 3 is 2.96 bits per heavy atom. The normalized spacial score (nSPS) is 16.2. The van der Waals surface area contributed by atoms with E-state index in [0.29, 0.717) is 12.5 Å². The topological polar surface area (TPSA) is 59.0 Å². The van der Waals surface area contributed by atoms with Gasteiger partial charge in [-0.05, 0) is 36.1 Å². The van der Waals surface area contributed by atoms with Crippen molar-refractivity contribution in [1.29, 1.82) is 0 Å². The van der Waals surface area contributed by atoms with Crippen LogP contribution in [0.25, 0.3) is 10.2 Å². The molecule has 1 aliphatic heterocycles. The summed E-state index contributed by atoms with van der Waals surface area (Å²) in [5, 5.41) is 12.3. The van der Waals surface area contributed by atoms with E-state index in [4.69, 9.17) is 0 Å². The zero-order valence-corrected chi connectivity index (χ0v) is 17.4. The third kappa shape index (κ3) is 3.74. The summed E-state index contributed by atoms with van der Waals surface area (Å²) in [7, 11) is 1.94. The van der Waals surface area contributed by atoms with Gasteiger partial charge in [0.2, 0.25) is 0 Å². The van der Waals surface area contributed by atoms with Crippen LogP contribution in [0.15, 0.2) is 30.3 Å². The van der Waals surface area contributed by atoms with Crippen molar-refractivity contribution in [3.63, 3.8) is 0 Å². The minimum Gasteiger partial charge on any atom is -0.349 e. The number of hydrogen-bond acceptors (Lipinski definition) is 4. The lowest BCUT2D eigenvalue weighted by molar-refractivity contribution is 0.0953. The summed E-state index contributed by atoms with van der Waals surface area (Å²) in [5.74, 6) is 0.331.